The van der Waals surface area contributed by atoms with Crippen molar-refractivity contribution in [1.82, 2.24) is 4.90 Å². The zero-order valence-electron chi connectivity index (χ0n) is 12.6. The number of carboxylic acids is 1. The smallest absolute Gasteiger partial charge is 0.308 e. The van der Waals surface area contributed by atoms with Gasteiger partial charge < -0.3 is 14.7 Å². The number of hydrogen-bond acceptors (Lipinski definition) is 3. The molecule has 3 atom stereocenters. The molecule has 0 bridgehead atoms. The summed E-state index contributed by atoms with van der Waals surface area (Å²) in [5.74, 6) is -0.840. The maximum atomic E-state index is 12.6. The number of benzene rings is 1. The second kappa shape index (κ2) is 6.16. The molecule has 1 N–H and O–H groups in total. The van der Waals surface area contributed by atoms with E-state index in [0.29, 0.717) is 13.0 Å². The highest BCUT2D eigenvalue weighted by Gasteiger charge is 2.39. The topological polar surface area (TPSA) is 66.8 Å². The van der Waals surface area contributed by atoms with E-state index in [1.807, 2.05) is 38.1 Å². The zero-order chi connectivity index (χ0) is 15.6. The van der Waals surface area contributed by atoms with Gasteiger partial charge in [0, 0.05) is 12.6 Å². The standard InChI is InChI=1S/C16H21NO4/c1-10(12-4-6-13(21-3)7-5-12)15(18)17-9-8-14(11(17)2)16(19)20/h4-7,10-11,14H,8-9H2,1-3H3,(H,19,20). The third-order valence-electron chi connectivity index (χ3n) is 4.34. The van der Waals surface area contributed by atoms with Crippen LogP contribution in [0.15, 0.2) is 24.3 Å². The van der Waals surface area contributed by atoms with Crippen molar-refractivity contribution in [2.75, 3.05) is 13.7 Å². The number of ether oxygens (including phenoxy) is 1. The van der Waals surface area contributed by atoms with Gasteiger partial charge in [-0.3, -0.25) is 9.59 Å². The first kappa shape index (κ1) is 15.4. The Morgan fingerprint density at radius 2 is 1.95 bits per heavy atom. The maximum absolute atomic E-state index is 12.6. The summed E-state index contributed by atoms with van der Waals surface area (Å²) in [5, 5.41) is 9.14. The van der Waals surface area contributed by atoms with Crippen LogP contribution in [-0.2, 0) is 9.59 Å². The molecular formula is C16H21NO4. The highest BCUT2D eigenvalue weighted by Crippen LogP contribution is 2.29. The highest BCUT2D eigenvalue weighted by molar-refractivity contribution is 5.85. The van der Waals surface area contributed by atoms with Crippen molar-refractivity contribution in [2.45, 2.75) is 32.2 Å². The molecule has 1 aliphatic heterocycles. The molecule has 0 radical (unpaired) electrons. The minimum absolute atomic E-state index is 0.0172. The molecule has 5 heteroatoms. The molecule has 1 saturated heterocycles. The van der Waals surface area contributed by atoms with Gasteiger partial charge >= 0.3 is 5.97 Å². The number of amides is 1. The van der Waals surface area contributed by atoms with Gasteiger partial charge in [0.15, 0.2) is 0 Å². The Bertz CT molecular complexity index is 526. The van der Waals surface area contributed by atoms with E-state index < -0.39 is 11.9 Å². The fourth-order valence-electron chi connectivity index (χ4n) is 2.86. The maximum Gasteiger partial charge on any atom is 0.308 e. The van der Waals surface area contributed by atoms with Crippen molar-refractivity contribution >= 4 is 11.9 Å². The predicted molar refractivity (Wildman–Crippen MR) is 78.3 cm³/mol. The van der Waals surface area contributed by atoms with Gasteiger partial charge in [-0.2, -0.15) is 0 Å². The van der Waals surface area contributed by atoms with Crippen molar-refractivity contribution in [3.63, 3.8) is 0 Å². The highest BCUT2D eigenvalue weighted by atomic mass is 16.5. The van der Waals surface area contributed by atoms with Gasteiger partial charge in [-0.1, -0.05) is 12.1 Å². The van der Waals surface area contributed by atoms with Crippen LogP contribution >= 0.6 is 0 Å². The summed E-state index contributed by atoms with van der Waals surface area (Å²) in [6, 6.07) is 7.14. The first-order valence-electron chi connectivity index (χ1n) is 7.13. The average molecular weight is 291 g/mol. The minimum Gasteiger partial charge on any atom is -0.497 e. The number of likely N-dealkylation sites (tertiary alicyclic amines) is 1. The fraction of sp³-hybridized carbons (Fsp3) is 0.500. The number of rotatable bonds is 4. The molecule has 0 aliphatic carbocycles. The van der Waals surface area contributed by atoms with Crippen LogP contribution in [0.5, 0.6) is 5.75 Å². The molecule has 1 fully saturated rings. The average Bonchev–Trinajstić information content (AvgIpc) is 2.87. The van der Waals surface area contributed by atoms with Crippen LogP contribution in [0.3, 0.4) is 0 Å². The molecule has 1 aromatic rings. The molecule has 0 saturated carbocycles. The quantitative estimate of drug-likeness (QED) is 0.922. The Morgan fingerprint density at radius 3 is 2.43 bits per heavy atom. The van der Waals surface area contributed by atoms with Crippen LogP contribution < -0.4 is 4.74 Å². The molecule has 2 rings (SSSR count). The first-order valence-corrected chi connectivity index (χ1v) is 7.13. The monoisotopic (exact) mass is 291 g/mol. The van der Waals surface area contributed by atoms with E-state index in [-0.39, 0.29) is 17.9 Å². The van der Waals surface area contributed by atoms with Gasteiger partial charge in [0.25, 0.3) is 0 Å². The van der Waals surface area contributed by atoms with Crippen LogP contribution in [0.2, 0.25) is 0 Å². The fourth-order valence-corrected chi connectivity index (χ4v) is 2.86. The Kier molecular flexibility index (Phi) is 4.50. The zero-order valence-corrected chi connectivity index (χ0v) is 12.6. The number of carbonyl (C=O) groups excluding carboxylic acids is 1. The second-order valence-corrected chi connectivity index (χ2v) is 5.50. The van der Waals surface area contributed by atoms with Gasteiger partial charge in [0.2, 0.25) is 5.91 Å². The van der Waals surface area contributed by atoms with Crippen molar-refractivity contribution in [2.24, 2.45) is 5.92 Å². The SMILES string of the molecule is COc1ccc(C(C)C(=O)N2CCC(C(=O)O)C2C)cc1. The van der Waals surface area contributed by atoms with Gasteiger partial charge in [-0.15, -0.1) is 0 Å². The summed E-state index contributed by atoms with van der Waals surface area (Å²) in [6.07, 6.45) is 0.525. The molecule has 1 aromatic carbocycles. The van der Waals surface area contributed by atoms with E-state index in [9.17, 15) is 9.59 Å². The van der Waals surface area contributed by atoms with Crippen molar-refractivity contribution < 1.29 is 19.4 Å². The molecule has 21 heavy (non-hydrogen) atoms. The minimum atomic E-state index is -0.824. The summed E-state index contributed by atoms with van der Waals surface area (Å²) in [4.78, 5) is 25.4. The van der Waals surface area contributed by atoms with Crippen LogP contribution in [0, 0.1) is 5.92 Å². The summed E-state index contributed by atoms with van der Waals surface area (Å²) in [5.41, 5.74) is 0.909. The van der Waals surface area contributed by atoms with Crippen molar-refractivity contribution in [1.29, 1.82) is 0 Å². The lowest BCUT2D eigenvalue weighted by Gasteiger charge is -2.26. The third kappa shape index (κ3) is 3.01. The molecule has 1 heterocycles. The van der Waals surface area contributed by atoms with Gasteiger partial charge in [0.05, 0.1) is 18.9 Å². The molecule has 0 spiro atoms. The molecule has 114 valence electrons. The van der Waals surface area contributed by atoms with Crippen LogP contribution in [0.4, 0.5) is 0 Å². The van der Waals surface area contributed by atoms with Gasteiger partial charge in [-0.05, 0) is 38.0 Å². The molecule has 1 aliphatic rings. The molecular weight excluding hydrogens is 270 g/mol. The van der Waals surface area contributed by atoms with Crippen molar-refractivity contribution in [3.05, 3.63) is 29.8 Å². The van der Waals surface area contributed by atoms with E-state index in [1.165, 1.54) is 0 Å². The number of aliphatic carboxylic acids is 1. The molecule has 0 aromatic heterocycles. The lowest BCUT2D eigenvalue weighted by atomic mass is 9.98. The first-order chi connectivity index (χ1) is 9.95. The number of carbonyl (C=O) groups is 2. The number of hydrogen-bond donors (Lipinski definition) is 1. The largest absolute Gasteiger partial charge is 0.497 e. The Hall–Kier alpha value is -2.04. The summed E-state index contributed by atoms with van der Waals surface area (Å²) in [6.45, 7) is 4.17. The van der Waals surface area contributed by atoms with Crippen molar-refractivity contribution in [3.8, 4) is 5.75 Å². The molecule has 3 unspecified atom stereocenters. The Balaban J connectivity index is 2.10. The van der Waals surface area contributed by atoms with E-state index in [0.717, 1.165) is 11.3 Å². The molecule has 1 amide bonds. The lowest BCUT2D eigenvalue weighted by molar-refractivity contribution is -0.143. The van der Waals surface area contributed by atoms with Gasteiger partial charge in [0.1, 0.15) is 5.75 Å². The van der Waals surface area contributed by atoms with Crippen LogP contribution in [0.1, 0.15) is 31.7 Å². The number of methoxy groups -OCH3 is 1. The van der Waals surface area contributed by atoms with E-state index in [2.05, 4.69) is 0 Å². The molecule has 5 nitrogen and oxygen atoms in total. The van der Waals surface area contributed by atoms with Gasteiger partial charge in [-0.25, -0.2) is 0 Å². The van der Waals surface area contributed by atoms with E-state index in [1.54, 1.807) is 12.0 Å². The van der Waals surface area contributed by atoms with Crippen LogP contribution in [0.25, 0.3) is 0 Å². The summed E-state index contributed by atoms with van der Waals surface area (Å²) >= 11 is 0. The van der Waals surface area contributed by atoms with E-state index >= 15 is 0 Å². The van der Waals surface area contributed by atoms with E-state index in [4.69, 9.17) is 9.84 Å². The Morgan fingerprint density at radius 1 is 1.33 bits per heavy atom. The third-order valence-corrected chi connectivity index (χ3v) is 4.34. The number of nitrogens with zero attached hydrogens (tertiary/aromatic N) is 1. The Labute approximate surface area is 124 Å². The predicted octanol–water partition coefficient (Wildman–Crippen LogP) is 2.12. The normalized spacial score (nSPS) is 22.9. The second-order valence-electron chi connectivity index (χ2n) is 5.50. The van der Waals surface area contributed by atoms with Crippen LogP contribution in [-0.4, -0.2) is 41.6 Å². The lowest BCUT2D eigenvalue weighted by Crippen LogP contribution is -2.39. The summed E-state index contributed by atoms with van der Waals surface area (Å²) < 4.78 is 5.11. The number of carboxylic acid groups (broad SMARTS) is 1. The summed E-state index contributed by atoms with van der Waals surface area (Å²) in [7, 11) is 1.60.